The molecule has 0 fully saturated rings. The van der Waals surface area contributed by atoms with Crippen molar-refractivity contribution in [3.8, 4) is 0 Å². The highest BCUT2D eigenvalue weighted by atomic mass is 35.5. The normalized spacial score (nSPS) is 11.0. The van der Waals surface area contributed by atoms with Gasteiger partial charge < -0.3 is 0 Å². The first-order valence-electron chi connectivity index (χ1n) is 2.04. The third-order valence-corrected chi connectivity index (χ3v) is 0.672. The van der Waals surface area contributed by atoms with Crippen molar-refractivity contribution < 1.29 is 4.79 Å². The minimum Gasteiger partial charge on any atom is -0.273 e. The lowest BCUT2D eigenvalue weighted by molar-refractivity contribution is -0.115. The van der Waals surface area contributed by atoms with Crippen molar-refractivity contribution in [3.63, 3.8) is 0 Å². The van der Waals surface area contributed by atoms with Crippen LogP contribution in [0.5, 0.6) is 0 Å². The predicted molar refractivity (Wildman–Crippen MR) is 34.2 cm³/mol. The minimum absolute atomic E-state index is 0.137. The van der Waals surface area contributed by atoms with Gasteiger partial charge in [-0.1, -0.05) is 18.2 Å². The van der Waals surface area contributed by atoms with Gasteiger partial charge in [-0.2, -0.15) is 0 Å². The van der Waals surface area contributed by atoms with Gasteiger partial charge in [0.05, 0.1) is 0 Å². The number of aliphatic imine (C=N–C) groups is 1. The van der Waals surface area contributed by atoms with Gasteiger partial charge in [-0.3, -0.25) is 4.79 Å². The van der Waals surface area contributed by atoms with E-state index in [0.29, 0.717) is 0 Å². The van der Waals surface area contributed by atoms with Crippen LogP contribution < -0.4 is 0 Å². The summed E-state index contributed by atoms with van der Waals surface area (Å²) in [6.45, 7) is 4.62. The van der Waals surface area contributed by atoms with Crippen molar-refractivity contribution in [1.29, 1.82) is 0 Å². The average molecular weight is 132 g/mol. The molecule has 8 heavy (non-hydrogen) atoms. The zero-order valence-corrected chi connectivity index (χ0v) is 5.27. The monoisotopic (exact) mass is 131 g/mol. The Morgan fingerprint density at radius 2 is 2.38 bits per heavy atom. The van der Waals surface area contributed by atoms with Gasteiger partial charge in [-0.15, -0.1) is 0 Å². The van der Waals surface area contributed by atoms with Gasteiger partial charge in [0.2, 0.25) is 5.91 Å². The summed E-state index contributed by atoms with van der Waals surface area (Å²) in [4.78, 5) is 13.4. The Balaban J connectivity index is 3.94. The van der Waals surface area contributed by atoms with Gasteiger partial charge in [0.15, 0.2) is 0 Å². The number of nitrogens with zero attached hydrogens (tertiary/aromatic N) is 1. The van der Waals surface area contributed by atoms with E-state index < -0.39 is 0 Å². The largest absolute Gasteiger partial charge is 0.273 e. The van der Waals surface area contributed by atoms with E-state index in [1.54, 1.807) is 0 Å². The summed E-state index contributed by atoms with van der Waals surface area (Å²) in [5.41, 5.74) is 0. The topological polar surface area (TPSA) is 29.4 Å². The quantitative estimate of drug-likeness (QED) is 0.494. The van der Waals surface area contributed by atoms with Gasteiger partial charge >= 0.3 is 0 Å². The number of hydrogen-bond acceptors (Lipinski definition) is 1. The number of amides is 1. The summed E-state index contributed by atoms with van der Waals surface area (Å²) in [5.74, 6) is -0.310. The van der Waals surface area contributed by atoms with Gasteiger partial charge in [-0.05, 0) is 6.08 Å². The molecule has 1 amide bonds. The molecule has 0 bridgehead atoms. The third-order valence-electron chi connectivity index (χ3n) is 0.433. The number of allylic oxidation sites excluding steroid dienone is 1. The van der Waals surface area contributed by atoms with Gasteiger partial charge in [0, 0.05) is 6.92 Å². The Morgan fingerprint density at radius 3 is 2.50 bits per heavy atom. The molecular weight excluding hydrogens is 126 g/mol. The molecule has 0 aromatic rings. The molecule has 0 saturated heterocycles. The van der Waals surface area contributed by atoms with E-state index in [-0.39, 0.29) is 11.1 Å². The van der Waals surface area contributed by atoms with Crippen LogP contribution in [-0.4, -0.2) is 11.1 Å². The molecule has 0 aromatic heterocycles. The smallest absolute Gasteiger partial charge is 0.243 e. The molecule has 0 aliphatic heterocycles. The molecule has 2 nitrogen and oxygen atoms in total. The van der Waals surface area contributed by atoms with Crippen molar-refractivity contribution in [1.82, 2.24) is 0 Å². The molecular formula is C5H6ClNO. The molecule has 0 unspecified atom stereocenters. The molecule has 0 aliphatic rings. The maximum absolute atomic E-state index is 10.1. The molecule has 0 N–H and O–H groups in total. The molecule has 0 atom stereocenters. The van der Waals surface area contributed by atoms with E-state index in [9.17, 15) is 4.79 Å². The average Bonchev–Trinajstić information content (AvgIpc) is 1.65. The first-order chi connectivity index (χ1) is 3.66. The van der Waals surface area contributed by atoms with Crippen molar-refractivity contribution in [2.75, 3.05) is 0 Å². The molecule has 0 heterocycles. The molecule has 44 valence electrons. The van der Waals surface area contributed by atoms with E-state index in [1.165, 1.54) is 13.0 Å². The van der Waals surface area contributed by atoms with Crippen LogP contribution in [0.2, 0.25) is 0 Å². The van der Waals surface area contributed by atoms with Crippen LogP contribution in [0.3, 0.4) is 0 Å². The summed E-state index contributed by atoms with van der Waals surface area (Å²) in [7, 11) is 0. The first kappa shape index (κ1) is 7.37. The second-order valence-corrected chi connectivity index (χ2v) is 1.54. The minimum atomic E-state index is -0.310. The van der Waals surface area contributed by atoms with E-state index in [2.05, 4.69) is 11.6 Å². The zero-order valence-electron chi connectivity index (χ0n) is 4.52. The fraction of sp³-hybridized carbons (Fsp3) is 0.200. The van der Waals surface area contributed by atoms with E-state index >= 15 is 0 Å². The van der Waals surface area contributed by atoms with Crippen LogP contribution in [-0.2, 0) is 4.79 Å². The standard InChI is InChI=1S/C5H6ClNO/c1-3-5(6)7-4(2)8/h3H,1H2,2H3. The van der Waals surface area contributed by atoms with Crippen molar-refractivity contribution in [2.24, 2.45) is 4.99 Å². The fourth-order valence-corrected chi connectivity index (χ4v) is 0.315. The summed E-state index contributed by atoms with van der Waals surface area (Å²) in [6.07, 6.45) is 1.31. The summed E-state index contributed by atoms with van der Waals surface area (Å²) >= 11 is 5.27. The number of carbonyl (C=O) groups is 1. The number of hydrogen-bond donors (Lipinski definition) is 0. The molecule has 0 rings (SSSR count). The van der Waals surface area contributed by atoms with Crippen molar-refractivity contribution >= 4 is 22.7 Å². The maximum atomic E-state index is 10.1. The lowest BCUT2D eigenvalue weighted by atomic mass is 10.6. The van der Waals surface area contributed by atoms with Crippen molar-refractivity contribution in [3.05, 3.63) is 12.7 Å². The number of halogens is 1. The van der Waals surface area contributed by atoms with Crippen LogP contribution in [0.15, 0.2) is 17.6 Å². The summed E-state index contributed by atoms with van der Waals surface area (Å²) < 4.78 is 0. The SMILES string of the molecule is C=CC(Cl)=NC(C)=O. The summed E-state index contributed by atoms with van der Waals surface area (Å²) in [6, 6.07) is 0. The Kier molecular flexibility index (Phi) is 3.12. The van der Waals surface area contributed by atoms with Crippen LogP contribution in [0, 0.1) is 0 Å². The molecule has 0 radical (unpaired) electrons. The predicted octanol–water partition coefficient (Wildman–Crippen LogP) is 1.36. The number of carbonyl (C=O) groups excluding carboxylic acids is 1. The van der Waals surface area contributed by atoms with E-state index in [0.717, 1.165) is 0 Å². The Labute approximate surface area is 52.9 Å². The fourth-order valence-electron chi connectivity index (χ4n) is 0.196. The lowest BCUT2D eigenvalue weighted by Gasteiger charge is -1.80. The lowest BCUT2D eigenvalue weighted by Crippen LogP contribution is -1.86. The zero-order chi connectivity index (χ0) is 6.57. The van der Waals surface area contributed by atoms with Crippen molar-refractivity contribution in [2.45, 2.75) is 6.92 Å². The van der Waals surface area contributed by atoms with E-state index in [4.69, 9.17) is 11.6 Å². The number of rotatable bonds is 1. The van der Waals surface area contributed by atoms with Gasteiger partial charge in [0.1, 0.15) is 5.17 Å². The Hall–Kier alpha value is -0.630. The van der Waals surface area contributed by atoms with Gasteiger partial charge in [-0.25, -0.2) is 4.99 Å². The van der Waals surface area contributed by atoms with Crippen LogP contribution in [0.4, 0.5) is 0 Å². The molecule has 3 heteroatoms. The highest BCUT2D eigenvalue weighted by Crippen LogP contribution is 1.86. The van der Waals surface area contributed by atoms with E-state index in [1.807, 2.05) is 0 Å². The van der Waals surface area contributed by atoms with Crippen LogP contribution in [0.1, 0.15) is 6.92 Å². The van der Waals surface area contributed by atoms with Gasteiger partial charge in [0.25, 0.3) is 0 Å². The first-order valence-corrected chi connectivity index (χ1v) is 2.42. The Bertz CT molecular complexity index is 139. The van der Waals surface area contributed by atoms with Crippen LogP contribution >= 0.6 is 11.6 Å². The third kappa shape index (κ3) is 3.56. The molecule has 0 saturated carbocycles. The Morgan fingerprint density at radius 1 is 1.88 bits per heavy atom. The highest BCUT2D eigenvalue weighted by Gasteiger charge is 1.86. The molecule has 0 aromatic carbocycles. The second-order valence-electron chi connectivity index (χ2n) is 1.16. The van der Waals surface area contributed by atoms with Crippen LogP contribution in [0.25, 0.3) is 0 Å². The molecule has 0 aliphatic carbocycles. The second kappa shape index (κ2) is 3.38. The highest BCUT2D eigenvalue weighted by molar-refractivity contribution is 6.69. The molecule has 0 spiro atoms. The maximum Gasteiger partial charge on any atom is 0.243 e. The summed E-state index contributed by atoms with van der Waals surface area (Å²) in [5, 5.41) is 0.137.